The SMILES string of the molecule is CCc1ccc(-c2ccccc2)c(OCCO)c1. The van der Waals surface area contributed by atoms with Gasteiger partial charge in [0.25, 0.3) is 0 Å². The molecule has 0 spiro atoms. The molecule has 2 aromatic rings. The Morgan fingerprint density at radius 3 is 2.50 bits per heavy atom. The largest absolute Gasteiger partial charge is 0.491 e. The van der Waals surface area contributed by atoms with Gasteiger partial charge >= 0.3 is 0 Å². The molecule has 2 rings (SSSR count). The number of benzene rings is 2. The molecular formula is C16H18O2. The van der Waals surface area contributed by atoms with Crippen molar-refractivity contribution in [3.8, 4) is 16.9 Å². The average Bonchev–Trinajstić information content (AvgIpc) is 2.45. The predicted octanol–water partition coefficient (Wildman–Crippen LogP) is 3.29. The molecule has 2 aromatic carbocycles. The quantitative estimate of drug-likeness (QED) is 0.871. The Bertz CT molecular complexity index is 492. The summed E-state index contributed by atoms with van der Waals surface area (Å²) in [5, 5.41) is 8.89. The van der Waals surface area contributed by atoms with Crippen molar-refractivity contribution in [3.63, 3.8) is 0 Å². The second kappa shape index (κ2) is 6.22. The summed E-state index contributed by atoms with van der Waals surface area (Å²) in [5.41, 5.74) is 3.44. The summed E-state index contributed by atoms with van der Waals surface area (Å²) in [6, 6.07) is 16.4. The molecule has 0 saturated carbocycles. The van der Waals surface area contributed by atoms with E-state index >= 15 is 0 Å². The van der Waals surface area contributed by atoms with E-state index in [1.165, 1.54) is 5.56 Å². The van der Waals surface area contributed by atoms with Gasteiger partial charge in [0, 0.05) is 5.56 Å². The van der Waals surface area contributed by atoms with E-state index < -0.39 is 0 Å². The molecule has 0 bridgehead atoms. The minimum atomic E-state index is 0.0323. The first kappa shape index (κ1) is 12.7. The van der Waals surface area contributed by atoms with Crippen LogP contribution < -0.4 is 4.74 Å². The monoisotopic (exact) mass is 242 g/mol. The Morgan fingerprint density at radius 2 is 1.83 bits per heavy atom. The fraction of sp³-hybridized carbons (Fsp3) is 0.250. The van der Waals surface area contributed by atoms with Gasteiger partial charge in [-0.25, -0.2) is 0 Å². The molecule has 1 N–H and O–H groups in total. The second-order valence-corrected chi connectivity index (χ2v) is 4.12. The summed E-state index contributed by atoms with van der Waals surface area (Å²) in [6.45, 7) is 2.48. The van der Waals surface area contributed by atoms with Crippen molar-refractivity contribution in [1.29, 1.82) is 0 Å². The third-order valence-corrected chi connectivity index (χ3v) is 2.89. The third-order valence-electron chi connectivity index (χ3n) is 2.89. The highest BCUT2D eigenvalue weighted by Crippen LogP contribution is 2.31. The molecule has 0 aliphatic heterocycles. The summed E-state index contributed by atoms with van der Waals surface area (Å²) in [6.07, 6.45) is 0.977. The molecule has 0 aromatic heterocycles. The maximum atomic E-state index is 8.89. The van der Waals surface area contributed by atoms with Crippen molar-refractivity contribution in [2.45, 2.75) is 13.3 Å². The fourth-order valence-corrected chi connectivity index (χ4v) is 1.92. The van der Waals surface area contributed by atoms with E-state index in [1.807, 2.05) is 18.2 Å². The van der Waals surface area contributed by atoms with Crippen LogP contribution in [0.5, 0.6) is 5.75 Å². The van der Waals surface area contributed by atoms with Gasteiger partial charge < -0.3 is 9.84 Å². The van der Waals surface area contributed by atoms with E-state index in [0.29, 0.717) is 6.61 Å². The van der Waals surface area contributed by atoms with Crippen LogP contribution >= 0.6 is 0 Å². The highest BCUT2D eigenvalue weighted by atomic mass is 16.5. The lowest BCUT2D eigenvalue weighted by atomic mass is 10.0. The van der Waals surface area contributed by atoms with E-state index in [9.17, 15) is 0 Å². The lowest BCUT2D eigenvalue weighted by Gasteiger charge is -2.12. The first-order valence-electron chi connectivity index (χ1n) is 6.27. The Morgan fingerprint density at radius 1 is 1.06 bits per heavy atom. The van der Waals surface area contributed by atoms with Crippen molar-refractivity contribution < 1.29 is 9.84 Å². The minimum Gasteiger partial charge on any atom is -0.491 e. The molecule has 94 valence electrons. The maximum Gasteiger partial charge on any atom is 0.127 e. The minimum absolute atomic E-state index is 0.0323. The van der Waals surface area contributed by atoms with Gasteiger partial charge in [0.2, 0.25) is 0 Å². The predicted molar refractivity (Wildman–Crippen MR) is 73.8 cm³/mol. The van der Waals surface area contributed by atoms with Crippen LogP contribution in [0.2, 0.25) is 0 Å². The molecule has 0 aliphatic carbocycles. The molecule has 0 saturated heterocycles. The molecule has 2 heteroatoms. The van der Waals surface area contributed by atoms with Crippen LogP contribution in [0.3, 0.4) is 0 Å². The first-order chi connectivity index (χ1) is 8.85. The van der Waals surface area contributed by atoms with Gasteiger partial charge in [-0.05, 0) is 23.6 Å². The number of hydrogen-bond donors (Lipinski definition) is 1. The molecule has 0 unspecified atom stereocenters. The zero-order chi connectivity index (χ0) is 12.8. The number of hydrogen-bond acceptors (Lipinski definition) is 2. The van der Waals surface area contributed by atoms with Gasteiger partial charge in [-0.3, -0.25) is 0 Å². The molecule has 2 nitrogen and oxygen atoms in total. The molecular weight excluding hydrogens is 224 g/mol. The number of ether oxygens (including phenoxy) is 1. The molecule has 0 atom stereocenters. The smallest absolute Gasteiger partial charge is 0.127 e. The van der Waals surface area contributed by atoms with Crippen molar-refractivity contribution in [2.24, 2.45) is 0 Å². The maximum absolute atomic E-state index is 8.89. The second-order valence-electron chi connectivity index (χ2n) is 4.12. The molecule has 0 radical (unpaired) electrons. The van der Waals surface area contributed by atoms with Crippen LogP contribution in [-0.2, 0) is 6.42 Å². The lowest BCUT2D eigenvalue weighted by molar-refractivity contribution is 0.202. The zero-order valence-electron chi connectivity index (χ0n) is 10.6. The molecule has 0 aliphatic rings. The standard InChI is InChI=1S/C16H18O2/c1-2-13-8-9-15(14-6-4-3-5-7-14)16(12-13)18-11-10-17/h3-9,12,17H,2,10-11H2,1H3. The molecule has 18 heavy (non-hydrogen) atoms. The first-order valence-corrected chi connectivity index (χ1v) is 6.27. The fourth-order valence-electron chi connectivity index (χ4n) is 1.92. The summed E-state index contributed by atoms with van der Waals surface area (Å²) in [7, 11) is 0. The highest BCUT2D eigenvalue weighted by Gasteiger charge is 2.06. The molecule has 0 amide bonds. The topological polar surface area (TPSA) is 29.5 Å². The number of aliphatic hydroxyl groups excluding tert-OH is 1. The van der Waals surface area contributed by atoms with E-state index in [2.05, 4.69) is 37.3 Å². The van der Waals surface area contributed by atoms with Crippen LogP contribution in [0, 0.1) is 0 Å². The summed E-state index contributed by atoms with van der Waals surface area (Å²) in [4.78, 5) is 0. The molecule has 0 fully saturated rings. The highest BCUT2D eigenvalue weighted by molar-refractivity contribution is 5.70. The number of aliphatic hydroxyl groups is 1. The van der Waals surface area contributed by atoms with Crippen LogP contribution in [-0.4, -0.2) is 18.3 Å². The van der Waals surface area contributed by atoms with Crippen LogP contribution in [0.1, 0.15) is 12.5 Å². The Hall–Kier alpha value is -1.80. The Balaban J connectivity index is 2.39. The summed E-state index contributed by atoms with van der Waals surface area (Å²) < 4.78 is 5.63. The van der Waals surface area contributed by atoms with E-state index in [0.717, 1.165) is 23.3 Å². The zero-order valence-corrected chi connectivity index (χ0v) is 10.6. The summed E-state index contributed by atoms with van der Waals surface area (Å²) in [5.74, 6) is 0.842. The van der Waals surface area contributed by atoms with E-state index in [-0.39, 0.29) is 6.61 Å². The van der Waals surface area contributed by atoms with Gasteiger partial charge in [0.15, 0.2) is 0 Å². The third kappa shape index (κ3) is 2.90. The van der Waals surface area contributed by atoms with Crippen molar-refractivity contribution in [1.82, 2.24) is 0 Å². The van der Waals surface area contributed by atoms with Gasteiger partial charge in [-0.2, -0.15) is 0 Å². The van der Waals surface area contributed by atoms with Crippen LogP contribution in [0.15, 0.2) is 48.5 Å². The number of rotatable bonds is 5. The van der Waals surface area contributed by atoms with E-state index in [4.69, 9.17) is 9.84 Å². The Labute approximate surface area is 108 Å². The van der Waals surface area contributed by atoms with E-state index in [1.54, 1.807) is 0 Å². The van der Waals surface area contributed by atoms with Crippen LogP contribution in [0.4, 0.5) is 0 Å². The Kier molecular flexibility index (Phi) is 4.37. The number of aryl methyl sites for hydroxylation is 1. The van der Waals surface area contributed by atoms with Gasteiger partial charge in [0.05, 0.1) is 6.61 Å². The van der Waals surface area contributed by atoms with Crippen LogP contribution in [0.25, 0.3) is 11.1 Å². The van der Waals surface area contributed by atoms with Crippen molar-refractivity contribution >= 4 is 0 Å². The normalized spacial score (nSPS) is 10.3. The van der Waals surface area contributed by atoms with Gasteiger partial charge in [-0.1, -0.05) is 49.4 Å². The van der Waals surface area contributed by atoms with Crippen molar-refractivity contribution in [3.05, 3.63) is 54.1 Å². The summed E-state index contributed by atoms with van der Waals surface area (Å²) >= 11 is 0. The lowest BCUT2D eigenvalue weighted by Crippen LogP contribution is -2.03. The van der Waals surface area contributed by atoms with Crippen molar-refractivity contribution in [2.75, 3.05) is 13.2 Å². The molecule has 0 heterocycles. The van der Waals surface area contributed by atoms with Gasteiger partial charge in [-0.15, -0.1) is 0 Å². The average molecular weight is 242 g/mol. The van der Waals surface area contributed by atoms with Gasteiger partial charge in [0.1, 0.15) is 12.4 Å².